The smallest absolute Gasteiger partial charge is 0.0779 e. The standard InChI is InChI=1S/C6H14O4.C6H14O3.C4H10O3.C3H8O2.C2H6O2/c7-1-3-9-5-6-10-4-2-8;1-5(8)4-9-6(2)3-7;5-1-3-7-4-2-6;1-3(5)2-4;3-1-2-4/h7-8H,1-6H2;5-8H,3-4H2,1-2H3;5-6H,1-4H2;3-5H,2H2,1H3;3-4H,1-2H2. The first-order valence-corrected chi connectivity index (χ1v) is 11.3. The Morgan fingerprint density at radius 1 is 0.457 bits per heavy atom. The monoisotopic (exact) mass is 528 g/mol. The van der Waals surface area contributed by atoms with Gasteiger partial charge >= 0.3 is 0 Å². The average molecular weight is 529 g/mol. The molecule has 0 rings (SSSR count). The first-order chi connectivity index (χ1) is 16.7. The molecular formula is C21H52O14. The lowest BCUT2D eigenvalue weighted by atomic mass is 10.4. The average Bonchev–Trinajstić information content (AvgIpc) is 2.86. The zero-order valence-corrected chi connectivity index (χ0v) is 21.4. The Labute approximate surface area is 208 Å². The highest BCUT2D eigenvalue weighted by atomic mass is 16.5. The number of ether oxygens (including phenoxy) is 4. The number of hydrogen-bond donors (Lipinski definition) is 10. The molecule has 0 aromatic carbocycles. The van der Waals surface area contributed by atoms with Crippen molar-refractivity contribution >= 4 is 0 Å². The Morgan fingerprint density at radius 2 is 0.771 bits per heavy atom. The molecule has 3 atom stereocenters. The second-order valence-corrected chi connectivity index (χ2v) is 6.39. The van der Waals surface area contributed by atoms with Crippen molar-refractivity contribution in [3.8, 4) is 0 Å². The minimum atomic E-state index is -0.560. The lowest BCUT2D eigenvalue weighted by molar-refractivity contribution is -0.0177. The molecule has 35 heavy (non-hydrogen) atoms. The second-order valence-electron chi connectivity index (χ2n) is 6.39. The van der Waals surface area contributed by atoms with Gasteiger partial charge in [0.15, 0.2) is 0 Å². The van der Waals surface area contributed by atoms with E-state index in [4.69, 9.17) is 65.3 Å². The molecule has 0 aromatic heterocycles. The van der Waals surface area contributed by atoms with Crippen LogP contribution in [0.3, 0.4) is 0 Å². The van der Waals surface area contributed by atoms with Crippen LogP contribution in [-0.4, -0.2) is 168 Å². The lowest BCUT2D eigenvalue weighted by Gasteiger charge is -2.10. The summed E-state index contributed by atoms with van der Waals surface area (Å²) in [6, 6.07) is 0. The molecule has 0 spiro atoms. The summed E-state index contributed by atoms with van der Waals surface area (Å²) in [7, 11) is 0. The van der Waals surface area contributed by atoms with Crippen molar-refractivity contribution in [3.63, 3.8) is 0 Å². The first-order valence-electron chi connectivity index (χ1n) is 11.3. The van der Waals surface area contributed by atoms with Crippen molar-refractivity contribution in [3.05, 3.63) is 0 Å². The maximum absolute atomic E-state index is 8.69. The summed E-state index contributed by atoms with van der Waals surface area (Å²) in [4.78, 5) is 0. The van der Waals surface area contributed by atoms with Crippen LogP contribution in [0.5, 0.6) is 0 Å². The van der Waals surface area contributed by atoms with Gasteiger partial charge in [0.1, 0.15) is 0 Å². The molecule has 14 nitrogen and oxygen atoms in total. The molecule has 14 heteroatoms. The predicted octanol–water partition coefficient (Wildman–Crippen LogP) is -3.91. The number of hydrogen-bond acceptors (Lipinski definition) is 14. The molecule has 0 fully saturated rings. The fraction of sp³-hybridized carbons (Fsp3) is 1.00. The largest absolute Gasteiger partial charge is 0.394 e. The molecule has 3 unspecified atom stereocenters. The highest BCUT2D eigenvalue weighted by molar-refractivity contribution is 4.47. The van der Waals surface area contributed by atoms with E-state index in [9.17, 15) is 0 Å². The zero-order chi connectivity index (χ0) is 28.2. The second kappa shape index (κ2) is 46.7. The Morgan fingerprint density at radius 3 is 0.971 bits per heavy atom. The van der Waals surface area contributed by atoms with Gasteiger partial charge < -0.3 is 70.0 Å². The number of aliphatic hydroxyl groups is 10. The number of aliphatic hydroxyl groups excluding tert-OH is 10. The van der Waals surface area contributed by atoms with E-state index in [2.05, 4.69) is 4.74 Å². The molecule has 0 aliphatic rings. The van der Waals surface area contributed by atoms with E-state index in [0.717, 1.165) is 0 Å². The van der Waals surface area contributed by atoms with Crippen molar-refractivity contribution in [1.29, 1.82) is 0 Å². The van der Waals surface area contributed by atoms with Crippen LogP contribution in [0, 0.1) is 0 Å². The van der Waals surface area contributed by atoms with Crippen molar-refractivity contribution in [2.24, 2.45) is 0 Å². The Balaban J connectivity index is -0.000000111. The van der Waals surface area contributed by atoms with Crippen molar-refractivity contribution < 1.29 is 70.0 Å². The summed E-state index contributed by atoms with van der Waals surface area (Å²) in [6.45, 7) is 7.26. The molecule has 0 aliphatic heterocycles. The van der Waals surface area contributed by atoms with E-state index in [0.29, 0.717) is 46.2 Å². The lowest BCUT2D eigenvalue weighted by Crippen LogP contribution is -2.19. The third kappa shape index (κ3) is 79.1. The van der Waals surface area contributed by atoms with Crippen molar-refractivity contribution in [2.45, 2.75) is 39.1 Å². The molecule has 0 saturated heterocycles. The third-order valence-electron chi connectivity index (χ3n) is 2.56. The molecule has 0 saturated carbocycles. The topological polar surface area (TPSA) is 239 Å². The van der Waals surface area contributed by atoms with Gasteiger partial charge in [0.25, 0.3) is 0 Å². The fourth-order valence-corrected chi connectivity index (χ4v) is 1.04. The summed E-state index contributed by atoms with van der Waals surface area (Å²) in [5, 5.41) is 81.1. The van der Waals surface area contributed by atoms with Gasteiger partial charge in [-0.05, 0) is 20.8 Å². The van der Waals surface area contributed by atoms with Crippen LogP contribution in [0.25, 0.3) is 0 Å². The molecular weight excluding hydrogens is 476 g/mol. The van der Waals surface area contributed by atoms with E-state index in [1.807, 2.05) is 0 Å². The summed E-state index contributed by atoms with van der Waals surface area (Å²) >= 11 is 0. The molecule has 0 aromatic rings. The third-order valence-corrected chi connectivity index (χ3v) is 2.56. The fourth-order valence-electron chi connectivity index (χ4n) is 1.04. The maximum Gasteiger partial charge on any atom is 0.0779 e. The van der Waals surface area contributed by atoms with E-state index >= 15 is 0 Å². The maximum atomic E-state index is 8.69. The summed E-state index contributed by atoms with van der Waals surface area (Å²) in [5.74, 6) is 0. The highest BCUT2D eigenvalue weighted by Crippen LogP contribution is 1.90. The van der Waals surface area contributed by atoms with Gasteiger partial charge in [0.2, 0.25) is 0 Å². The molecule has 0 aliphatic carbocycles. The Kier molecular flexibility index (Phi) is 59.3. The van der Waals surface area contributed by atoms with Crippen LogP contribution >= 0.6 is 0 Å². The Bertz CT molecular complexity index is 285. The van der Waals surface area contributed by atoms with E-state index in [1.54, 1.807) is 13.8 Å². The van der Waals surface area contributed by atoms with Gasteiger partial charge in [-0.15, -0.1) is 0 Å². The minimum absolute atomic E-state index is 0.00667. The van der Waals surface area contributed by atoms with Crippen LogP contribution in [0.1, 0.15) is 20.8 Å². The quantitative estimate of drug-likeness (QED) is 0.0812. The van der Waals surface area contributed by atoms with Gasteiger partial charge in [-0.3, -0.25) is 0 Å². The van der Waals surface area contributed by atoms with Gasteiger partial charge in [0, 0.05) is 0 Å². The van der Waals surface area contributed by atoms with Crippen LogP contribution in [0.15, 0.2) is 0 Å². The van der Waals surface area contributed by atoms with Gasteiger partial charge in [-0.2, -0.15) is 0 Å². The summed E-state index contributed by atoms with van der Waals surface area (Å²) < 4.78 is 19.3. The van der Waals surface area contributed by atoms with E-state index in [-0.39, 0.29) is 59.0 Å². The predicted molar refractivity (Wildman–Crippen MR) is 128 cm³/mol. The van der Waals surface area contributed by atoms with Crippen LogP contribution in [0.4, 0.5) is 0 Å². The van der Waals surface area contributed by atoms with E-state index < -0.39 is 12.2 Å². The number of rotatable bonds is 17. The normalized spacial score (nSPS) is 12.3. The Hall–Kier alpha value is -0.560. The van der Waals surface area contributed by atoms with Crippen LogP contribution < -0.4 is 0 Å². The van der Waals surface area contributed by atoms with Crippen molar-refractivity contribution in [1.82, 2.24) is 0 Å². The molecule has 0 bridgehead atoms. The van der Waals surface area contributed by atoms with E-state index in [1.165, 1.54) is 6.92 Å². The highest BCUT2D eigenvalue weighted by Gasteiger charge is 2.00. The van der Waals surface area contributed by atoms with Crippen LogP contribution in [-0.2, 0) is 18.9 Å². The van der Waals surface area contributed by atoms with Gasteiger partial charge in [0.05, 0.1) is 117 Å². The van der Waals surface area contributed by atoms with Crippen LogP contribution in [0.2, 0.25) is 0 Å². The van der Waals surface area contributed by atoms with Gasteiger partial charge in [-0.25, -0.2) is 0 Å². The molecule has 0 radical (unpaired) electrons. The first kappa shape index (κ1) is 44.4. The van der Waals surface area contributed by atoms with Crippen molar-refractivity contribution in [2.75, 3.05) is 99.1 Å². The summed E-state index contributed by atoms with van der Waals surface area (Å²) in [5.41, 5.74) is 0. The zero-order valence-electron chi connectivity index (χ0n) is 21.4. The molecule has 220 valence electrons. The molecule has 10 N–H and O–H groups in total. The molecule has 0 amide bonds. The SMILES string of the molecule is CC(O)CO.CC(O)COC(C)CO.OCCO.OCCOCCO.OCCOCCOCCO. The summed E-state index contributed by atoms with van der Waals surface area (Å²) in [6.07, 6.45) is -1.17. The van der Waals surface area contributed by atoms with Gasteiger partial charge in [-0.1, -0.05) is 0 Å². The minimum Gasteiger partial charge on any atom is -0.394 e. The molecule has 0 heterocycles.